The van der Waals surface area contributed by atoms with Crippen molar-refractivity contribution in [3.05, 3.63) is 50.9 Å². The molecule has 2 rings (SSSR count). The van der Waals surface area contributed by atoms with E-state index < -0.39 is 23.9 Å². The minimum atomic E-state index is -0.873. The van der Waals surface area contributed by atoms with Crippen LogP contribution >= 0.6 is 22.9 Å². The lowest BCUT2D eigenvalue weighted by Gasteiger charge is -2.13. The number of benzene rings is 1. The molecule has 1 atom stereocenters. The second kappa shape index (κ2) is 9.30. The predicted octanol–water partition coefficient (Wildman–Crippen LogP) is 2.83. The van der Waals surface area contributed by atoms with Crippen LogP contribution in [0.1, 0.15) is 39.7 Å². The summed E-state index contributed by atoms with van der Waals surface area (Å²) in [5.41, 5.74) is 0.698. The molecule has 9 heteroatoms. The molecule has 1 heterocycles. The maximum Gasteiger partial charge on any atom is 0.367 e. The number of aromatic nitrogens is 1. The largest absolute Gasteiger partial charge is 0.461 e. The number of thiazole rings is 1. The lowest BCUT2D eigenvalue weighted by Crippen LogP contribution is -2.39. The molecule has 0 bridgehead atoms. The van der Waals surface area contributed by atoms with E-state index in [2.05, 4.69) is 10.3 Å². The van der Waals surface area contributed by atoms with E-state index in [0.717, 1.165) is 11.3 Å². The van der Waals surface area contributed by atoms with Gasteiger partial charge in [-0.2, -0.15) is 0 Å². The Morgan fingerprint density at radius 1 is 1.27 bits per heavy atom. The van der Waals surface area contributed by atoms with Crippen molar-refractivity contribution in [1.29, 1.82) is 0 Å². The molecule has 26 heavy (non-hydrogen) atoms. The van der Waals surface area contributed by atoms with Crippen LogP contribution in [0.4, 0.5) is 0 Å². The molecule has 1 aromatic carbocycles. The first-order chi connectivity index (χ1) is 12.4. The Morgan fingerprint density at radius 2 is 2.00 bits per heavy atom. The van der Waals surface area contributed by atoms with E-state index >= 15 is 0 Å². The number of hydrogen-bond acceptors (Lipinski definition) is 7. The van der Waals surface area contributed by atoms with Gasteiger partial charge >= 0.3 is 11.9 Å². The van der Waals surface area contributed by atoms with Gasteiger partial charge in [0.1, 0.15) is 12.6 Å². The molecule has 1 N–H and O–H groups in total. The highest BCUT2D eigenvalue weighted by Crippen LogP contribution is 2.15. The summed E-state index contributed by atoms with van der Waals surface area (Å²) in [4.78, 5) is 39.7. The molecule has 0 saturated carbocycles. The summed E-state index contributed by atoms with van der Waals surface area (Å²) in [5, 5.41) is 4.61. The third-order valence-corrected chi connectivity index (χ3v) is 4.38. The quantitative estimate of drug-likeness (QED) is 0.723. The standard InChI is InChI=1S/C17H17ClN2O5S/c1-3-24-17(23)15-20-11(9-26-15)8-25-16(22)10(2)19-14(21)12-6-4-5-7-13(12)18/h4-7,9-10H,3,8H2,1-2H3,(H,19,21)/t10-/m0/s1. The third kappa shape index (κ3) is 5.27. The summed E-state index contributed by atoms with van der Waals surface area (Å²) < 4.78 is 9.96. The van der Waals surface area contributed by atoms with E-state index in [-0.39, 0.29) is 23.8 Å². The fourth-order valence-corrected chi connectivity index (χ4v) is 2.82. The van der Waals surface area contributed by atoms with Gasteiger partial charge in [-0.3, -0.25) is 4.79 Å². The average Bonchev–Trinajstić information content (AvgIpc) is 3.09. The van der Waals surface area contributed by atoms with Crippen LogP contribution in [0.5, 0.6) is 0 Å². The molecule has 1 amide bonds. The number of nitrogens with one attached hydrogen (secondary N) is 1. The number of amides is 1. The van der Waals surface area contributed by atoms with Gasteiger partial charge in [-0.25, -0.2) is 14.6 Å². The van der Waals surface area contributed by atoms with E-state index in [1.807, 2.05) is 0 Å². The molecule has 0 aliphatic rings. The first-order valence-electron chi connectivity index (χ1n) is 7.76. The minimum Gasteiger partial charge on any atom is -0.461 e. The van der Waals surface area contributed by atoms with Gasteiger partial charge in [-0.1, -0.05) is 23.7 Å². The first-order valence-corrected chi connectivity index (χ1v) is 9.01. The summed E-state index contributed by atoms with van der Waals surface area (Å²) in [5.74, 6) is -1.62. The average molecular weight is 397 g/mol. The molecule has 0 spiro atoms. The van der Waals surface area contributed by atoms with E-state index in [1.54, 1.807) is 36.6 Å². The third-order valence-electron chi connectivity index (χ3n) is 3.18. The zero-order valence-electron chi connectivity index (χ0n) is 14.2. The number of rotatable bonds is 7. The molecular weight excluding hydrogens is 380 g/mol. The van der Waals surface area contributed by atoms with Crippen LogP contribution in [0, 0.1) is 0 Å². The maximum absolute atomic E-state index is 12.1. The number of hydrogen-bond donors (Lipinski definition) is 1. The van der Waals surface area contributed by atoms with Gasteiger partial charge in [0.2, 0.25) is 5.01 Å². The second-order valence-electron chi connectivity index (χ2n) is 5.15. The van der Waals surface area contributed by atoms with Crippen LogP contribution in [-0.4, -0.2) is 35.5 Å². The molecule has 0 unspecified atom stereocenters. The topological polar surface area (TPSA) is 94.6 Å². The maximum atomic E-state index is 12.1. The van der Waals surface area contributed by atoms with Crippen molar-refractivity contribution in [2.45, 2.75) is 26.5 Å². The van der Waals surface area contributed by atoms with Crippen LogP contribution in [0.3, 0.4) is 0 Å². The van der Waals surface area contributed by atoms with Crippen molar-refractivity contribution in [2.75, 3.05) is 6.61 Å². The zero-order valence-corrected chi connectivity index (χ0v) is 15.7. The van der Waals surface area contributed by atoms with Crippen molar-refractivity contribution in [3.63, 3.8) is 0 Å². The molecule has 0 fully saturated rings. The van der Waals surface area contributed by atoms with Gasteiger partial charge in [0.25, 0.3) is 5.91 Å². The van der Waals surface area contributed by atoms with Crippen molar-refractivity contribution >= 4 is 40.8 Å². The highest BCUT2D eigenvalue weighted by molar-refractivity contribution is 7.11. The summed E-state index contributed by atoms with van der Waals surface area (Å²) in [6.45, 7) is 3.35. The minimum absolute atomic E-state index is 0.110. The van der Waals surface area contributed by atoms with E-state index in [1.165, 1.54) is 6.92 Å². The Bertz CT molecular complexity index is 808. The highest BCUT2D eigenvalue weighted by atomic mass is 35.5. The van der Waals surface area contributed by atoms with Gasteiger partial charge in [0.05, 0.1) is 22.9 Å². The Morgan fingerprint density at radius 3 is 2.69 bits per heavy atom. The van der Waals surface area contributed by atoms with Crippen LogP contribution in [-0.2, 0) is 20.9 Å². The number of ether oxygens (including phenoxy) is 2. The Balaban J connectivity index is 1.86. The number of halogens is 1. The number of carbonyl (C=O) groups excluding carboxylic acids is 3. The fraction of sp³-hybridized carbons (Fsp3) is 0.294. The van der Waals surface area contributed by atoms with Crippen molar-refractivity contribution in [1.82, 2.24) is 10.3 Å². The van der Waals surface area contributed by atoms with Gasteiger partial charge in [-0.05, 0) is 26.0 Å². The molecule has 1 aromatic heterocycles. The Labute approximate surface area is 159 Å². The molecule has 7 nitrogen and oxygen atoms in total. The number of nitrogens with zero attached hydrogens (tertiary/aromatic N) is 1. The lowest BCUT2D eigenvalue weighted by molar-refractivity contribution is -0.146. The first kappa shape index (κ1) is 19.9. The lowest BCUT2D eigenvalue weighted by atomic mass is 10.2. The van der Waals surface area contributed by atoms with Gasteiger partial charge in [0, 0.05) is 5.38 Å². The second-order valence-corrected chi connectivity index (χ2v) is 6.41. The predicted molar refractivity (Wildman–Crippen MR) is 96.2 cm³/mol. The van der Waals surface area contributed by atoms with Gasteiger partial charge in [-0.15, -0.1) is 11.3 Å². The van der Waals surface area contributed by atoms with E-state index in [9.17, 15) is 14.4 Å². The normalized spacial score (nSPS) is 11.5. The monoisotopic (exact) mass is 396 g/mol. The zero-order chi connectivity index (χ0) is 19.1. The van der Waals surface area contributed by atoms with E-state index in [4.69, 9.17) is 21.1 Å². The molecule has 0 aliphatic heterocycles. The highest BCUT2D eigenvalue weighted by Gasteiger charge is 2.20. The smallest absolute Gasteiger partial charge is 0.367 e. The summed E-state index contributed by atoms with van der Waals surface area (Å²) in [6, 6.07) is 5.65. The van der Waals surface area contributed by atoms with Crippen molar-refractivity contribution in [3.8, 4) is 0 Å². The van der Waals surface area contributed by atoms with Crippen LogP contribution in [0.25, 0.3) is 0 Å². The Hall–Kier alpha value is -2.45. The summed E-state index contributed by atoms with van der Waals surface area (Å²) in [7, 11) is 0. The Kier molecular flexibility index (Phi) is 7.11. The van der Waals surface area contributed by atoms with Gasteiger partial charge in [0.15, 0.2) is 0 Å². The van der Waals surface area contributed by atoms with Crippen LogP contribution in [0.15, 0.2) is 29.6 Å². The molecule has 0 radical (unpaired) electrons. The van der Waals surface area contributed by atoms with Crippen molar-refractivity contribution < 1.29 is 23.9 Å². The number of esters is 2. The summed E-state index contributed by atoms with van der Waals surface area (Å²) in [6.07, 6.45) is 0. The van der Waals surface area contributed by atoms with E-state index in [0.29, 0.717) is 10.7 Å². The summed E-state index contributed by atoms with van der Waals surface area (Å²) >= 11 is 7.06. The fourth-order valence-electron chi connectivity index (χ4n) is 1.91. The van der Waals surface area contributed by atoms with Crippen molar-refractivity contribution in [2.24, 2.45) is 0 Å². The number of carbonyl (C=O) groups is 3. The molecule has 0 saturated heterocycles. The van der Waals surface area contributed by atoms with Crippen LogP contribution < -0.4 is 5.32 Å². The van der Waals surface area contributed by atoms with Gasteiger partial charge < -0.3 is 14.8 Å². The molecular formula is C17H17ClN2O5S. The SMILES string of the molecule is CCOC(=O)c1nc(COC(=O)[C@H](C)NC(=O)c2ccccc2Cl)cs1. The molecule has 2 aromatic rings. The van der Waals surface area contributed by atoms with Crippen LogP contribution in [0.2, 0.25) is 5.02 Å². The molecule has 138 valence electrons. The molecule has 0 aliphatic carbocycles.